The zero-order valence-electron chi connectivity index (χ0n) is 14.0. The molecule has 0 aliphatic rings. The second-order valence-electron chi connectivity index (χ2n) is 6.23. The first kappa shape index (κ1) is 16.1. The van der Waals surface area contributed by atoms with Crippen LogP contribution in [0.15, 0.2) is 71.3 Å². The van der Waals surface area contributed by atoms with Crippen molar-refractivity contribution in [2.24, 2.45) is 0 Å². The Labute approximate surface area is 155 Å². The Hall–Kier alpha value is -2.39. The molecule has 0 aliphatic carbocycles. The molecule has 3 aromatic carbocycles. The molecule has 0 bridgehead atoms. The lowest BCUT2D eigenvalue weighted by molar-refractivity contribution is 0.104. The fourth-order valence-corrected chi connectivity index (χ4v) is 4.08. The van der Waals surface area contributed by atoms with Crippen LogP contribution < -0.4 is 0 Å². The summed E-state index contributed by atoms with van der Waals surface area (Å²) in [7, 11) is 0. The van der Waals surface area contributed by atoms with Crippen LogP contribution in [0.1, 0.15) is 29.3 Å². The van der Waals surface area contributed by atoms with Gasteiger partial charge in [0.05, 0.1) is 0 Å². The third-order valence-corrected chi connectivity index (χ3v) is 5.26. The molecule has 1 heterocycles. The molecule has 0 radical (unpaired) electrons. The maximum absolute atomic E-state index is 13.4. The molecule has 0 amide bonds. The van der Waals surface area contributed by atoms with Crippen LogP contribution in [0.4, 0.5) is 0 Å². The zero-order chi connectivity index (χ0) is 17.4. The summed E-state index contributed by atoms with van der Waals surface area (Å²) < 4.78 is 3.13. The standard InChI is InChI=1S/C22H18BrNO/c1-2-13-24-14-18(16-9-3-4-12-20(16)24)22(25)17-10-5-7-15-8-6-11-19(23)21(15)17/h3-12,14H,2,13H2,1H3. The second kappa shape index (κ2) is 6.49. The van der Waals surface area contributed by atoms with Gasteiger partial charge in [-0.2, -0.15) is 0 Å². The Morgan fingerprint density at radius 2 is 1.72 bits per heavy atom. The molecule has 4 rings (SSSR count). The van der Waals surface area contributed by atoms with E-state index in [1.165, 1.54) is 0 Å². The van der Waals surface area contributed by atoms with E-state index < -0.39 is 0 Å². The van der Waals surface area contributed by atoms with Gasteiger partial charge in [0.2, 0.25) is 0 Å². The SMILES string of the molecule is CCCn1cc(C(=O)c2cccc3cccc(Br)c23)c2ccccc21. The van der Waals surface area contributed by atoms with Gasteiger partial charge in [-0.15, -0.1) is 0 Å². The molecule has 4 aromatic rings. The Morgan fingerprint density at radius 1 is 0.960 bits per heavy atom. The molecule has 2 nitrogen and oxygen atoms in total. The molecule has 0 unspecified atom stereocenters. The lowest BCUT2D eigenvalue weighted by Crippen LogP contribution is -2.02. The first-order valence-electron chi connectivity index (χ1n) is 8.50. The largest absolute Gasteiger partial charge is 0.347 e. The van der Waals surface area contributed by atoms with Crippen LogP contribution in [0, 0.1) is 0 Å². The van der Waals surface area contributed by atoms with Crippen LogP contribution in [0.25, 0.3) is 21.7 Å². The number of halogens is 1. The van der Waals surface area contributed by atoms with E-state index in [-0.39, 0.29) is 5.78 Å². The quantitative estimate of drug-likeness (QED) is 0.379. The average molecular weight is 392 g/mol. The van der Waals surface area contributed by atoms with Gasteiger partial charge in [-0.25, -0.2) is 0 Å². The fourth-order valence-electron chi connectivity index (χ4n) is 3.48. The van der Waals surface area contributed by atoms with E-state index in [4.69, 9.17) is 0 Å². The highest BCUT2D eigenvalue weighted by Gasteiger charge is 2.19. The first-order valence-corrected chi connectivity index (χ1v) is 9.30. The topological polar surface area (TPSA) is 22.0 Å². The minimum absolute atomic E-state index is 0.0727. The summed E-state index contributed by atoms with van der Waals surface area (Å²) in [6.07, 6.45) is 3.04. The van der Waals surface area contributed by atoms with E-state index in [0.29, 0.717) is 0 Å². The van der Waals surface area contributed by atoms with Gasteiger partial charge in [0, 0.05) is 44.6 Å². The summed E-state index contributed by atoms with van der Waals surface area (Å²) in [5.74, 6) is 0.0727. The highest BCUT2D eigenvalue weighted by molar-refractivity contribution is 9.10. The number of para-hydroxylation sites is 1. The molecular formula is C22H18BrNO. The van der Waals surface area contributed by atoms with Crippen molar-refractivity contribution in [3.8, 4) is 0 Å². The van der Waals surface area contributed by atoms with Crippen LogP contribution in [0.3, 0.4) is 0 Å². The normalized spacial score (nSPS) is 11.3. The van der Waals surface area contributed by atoms with Crippen molar-refractivity contribution in [2.45, 2.75) is 19.9 Å². The maximum Gasteiger partial charge on any atom is 0.195 e. The molecule has 0 fully saturated rings. The summed E-state index contributed by atoms with van der Waals surface area (Å²) in [6.45, 7) is 3.06. The number of rotatable bonds is 4. The smallest absolute Gasteiger partial charge is 0.195 e. The number of ketones is 1. The minimum Gasteiger partial charge on any atom is -0.347 e. The molecular weight excluding hydrogens is 374 g/mol. The van der Waals surface area contributed by atoms with Gasteiger partial charge in [0.15, 0.2) is 5.78 Å². The number of aryl methyl sites for hydroxylation is 1. The van der Waals surface area contributed by atoms with Crippen molar-refractivity contribution < 1.29 is 4.79 Å². The number of benzene rings is 3. The molecule has 124 valence electrons. The molecule has 0 aliphatic heterocycles. The van der Waals surface area contributed by atoms with Crippen molar-refractivity contribution in [2.75, 3.05) is 0 Å². The van der Waals surface area contributed by atoms with Gasteiger partial charge < -0.3 is 4.57 Å². The van der Waals surface area contributed by atoms with Crippen LogP contribution in [-0.2, 0) is 6.54 Å². The number of carbonyl (C=O) groups is 1. The number of hydrogen-bond acceptors (Lipinski definition) is 1. The van der Waals surface area contributed by atoms with Gasteiger partial charge in [-0.3, -0.25) is 4.79 Å². The van der Waals surface area contributed by atoms with Gasteiger partial charge in [-0.1, -0.05) is 71.4 Å². The minimum atomic E-state index is 0.0727. The lowest BCUT2D eigenvalue weighted by atomic mass is 9.97. The summed E-state index contributed by atoms with van der Waals surface area (Å²) in [6, 6.07) is 20.1. The predicted molar refractivity (Wildman–Crippen MR) is 107 cm³/mol. The van der Waals surface area contributed by atoms with Crippen molar-refractivity contribution in [3.63, 3.8) is 0 Å². The van der Waals surface area contributed by atoms with Crippen molar-refractivity contribution in [3.05, 3.63) is 82.5 Å². The summed E-state index contributed by atoms with van der Waals surface area (Å²) in [4.78, 5) is 13.4. The van der Waals surface area contributed by atoms with E-state index in [1.54, 1.807) is 0 Å². The van der Waals surface area contributed by atoms with E-state index >= 15 is 0 Å². The van der Waals surface area contributed by atoms with Gasteiger partial charge in [-0.05, 0) is 23.9 Å². The molecule has 0 saturated heterocycles. The van der Waals surface area contributed by atoms with Crippen molar-refractivity contribution >= 4 is 43.4 Å². The molecule has 3 heteroatoms. The Kier molecular flexibility index (Phi) is 4.18. The predicted octanol–water partition coefficient (Wildman–Crippen LogP) is 6.20. The van der Waals surface area contributed by atoms with Crippen LogP contribution in [0.2, 0.25) is 0 Å². The number of nitrogens with zero attached hydrogens (tertiary/aromatic N) is 1. The van der Waals surface area contributed by atoms with Crippen LogP contribution in [0.5, 0.6) is 0 Å². The van der Waals surface area contributed by atoms with E-state index in [9.17, 15) is 4.79 Å². The van der Waals surface area contributed by atoms with Gasteiger partial charge in [0.1, 0.15) is 0 Å². The van der Waals surface area contributed by atoms with E-state index in [2.05, 4.69) is 33.5 Å². The van der Waals surface area contributed by atoms with Gasteiger partial charge in [0.25, 0.3) is 0 Å². The molecule has 0 spiro atoms. The lowest BCUT2D eigenvalue weighted by Gasteiger charge is -2.07. The molecule has 25 heavy (non-hydrogen) atoms. The second-order valence-corrected chi connectivity index (χ2v) is 7.08. The molecule has 0 saturated carbocycles. The average Bonchev–Trinajstić information content (AvgIpc) is 3.00. The van der Waals surface area contributed by atoms with Crippen molar-refractivity contribution in [1.29, 1.82) is 0 Å². The Bertz CT molecular complexity index is 1090. The number of aromatic nitrogens is 1. The number of carbonyl (C=O) groups excluding carboxylic acids is 1. The molecule has 0 N–H and O–H groups in total. The van der Waals surface area contributed by atoms with Crippen molar-refractivity contribution in [1.82, 2.24) is 4.57 Å². The molecule has 1 aromatic heterocycles. The van der Waals surface area contributed by atoms with E-state index in [1.807, 2.05) is 60.8 Å². The van der Waals surface area contributed by atoms with Crippen LogP contribution >= 0.6 is 15.9 Å². The number of fused-ring (bicyclic) bond motifs is 2. The maximum atomic E-state index is 13.4. The summed E-state index contributed by atoms with van der Waals surface area (Å²) >= 11 is 3.61. The number of hydrogen-bond donors (Lipinski definition) is 0. The Morgan fingerprint density at radius 3 is 2.52 bits per heavy atom. The fraction of sp³-hybridized carbons (Fsp3) is 0.136. The molecule has 0 atom stereocenters. The third kappa shape index (κ3) is 2.69. The summed E-state index contributed by atoms with van der Waals surface area (Å²) in [5.41, 5.74) is 2.63. The highest BCUT2D eigenvalue weighted by Crippen LogP contribution is 2.31. The zero-order valence-corrected chi connectivity index (χ0v) is 15.6. The third-order valence-electron chi connectivity index (χ3n) is 4.60. The van der Waals surface area contributed by atoms with Crippen LogP contribution in [-0.4, -0.2) is 10.4 Å². The summed E-state index contributed by atoms with van der Waals surface area (Å²) in [5, 5.41) is 3.06. The van der Waals surface area contributed by atoms with E-state index in [0.717, 1.165) is 50.2 Å². The monoisotopic (exact) mass is 391 g/mol. The Balaban J connectivity index is 1.95. The van der Waals surface area contributed by atoms with Gasteiger partial charge >= 0.3 is 0 Å². The highest BCUT2D eigenvalue weighted by atomic mass is 79.9. The first-order chi connectivity index (χ1) is 12.2.